The monoisotopic (exact) mass is 341 g/mol. The average molecular weight is 341 g/mol. The van der Waals surface area contributed by atoms with Crippen molar-refractivity contribution in [3.05, 3.63) is 30.1 Å². The normalized spacial score (nSPS) is 29.9. The van der Waals surface area contributed by atoms with E-state index < -0.39 is 27.2 Å². The molecule has 2 aliphatic rings. The molecule has 0 radical (unpaired) electrons. The molecule has 0 spiro atoms. The van der Waals surface area contributed by atoms with E-state index in [-0.39, 0.29) is 16.2 Å². The van der Waals surface area contributed by atoms with E-state index in [0.29, 0.717) is 22.9 Å². The lowest BCUT2D eigenvalue weighted by Crippen LogP contribution is -2.48. The minimum atomic E-state index is -3.70. The van der Waals surface area contributed by atoms with E-state index >= 15 is 0 Å². The van der Waals surface area contributed by atoms with Crippen molar-refractivity contribution in [3.8, 4) is 0 Å². The predicted molar refractivity (Wildman–Crippen MR) is 78.7 cm³/mol. The van der Waals surface area contributed by atoms with Crippen LogP contribution in [0.2, 0.25) is 0 Å². The largest absolute Gasteiger partial charge is 0.481 e. The van der Waals surface area contributed by atoms with Crippen LogP contribution < -0.4 is 4.72 Å². The number of aliphatic carboxylic acids is 1. The third-order valence-electron chi connectivity index (χ3n) is 4.66. The Morgan fingerprint density at radius 1 is 1.36 bits per heavy atom. The summed E-state index contributed by atoms with van der Waals surface area (Å²) in [4.78, 5) is 11.1. The zero-order valence-electron chi connectivity index (χ0n) is 11.2. The molecule has 2 N–H and O–H groups in total. The fourth-order valence-corrected chi connectivity index (χ4v) is 5.98. The van der Waals surface area contributed by atoms with Crippen LogP contribution in [0.5, 0.6) is 0 Å². The van der Waals surface area contributed by atoms with Crippen molar-refractivity contribution in [3.63, 3.8) is 0 Å². The van der Waals surface area contributed by atoms with Gasteiger partial charge in [-0.15, -0.1) is 11.3 Å². The second kappa shape index (κ2) is 4.27. The van der Waals surface area contributed by atoms with Crippen LogP contribution in [-0.2, 0) is 14.8 Å². The van der Waals surface area contributed by atoms with Gasteiger partial charge in [-0.25, -0.2) is 17.5 Å². The van der Waals surface area contributed by atoms with E-state index in [1.54, 1.807) is 6.07 Å². The Balaban J connectivity index is 1.57. The van der Waals surface area contributed by atoms with Crippen molar-refractivity contribution >= 4 is 37.4 Å². The first-order valence-electron chi connectivity index (χ1n) is 6.77. The average Bonchev–Trinajstić information content (AvgIpc) is 2.84. The fraction of sp³-hybridized carbons (Fsp3) is 0.357. The molecule has 2 saturated carbocycles. The number of thiophene rings is 1. The number of hydrogen-bond donors (Lipinski definition) is 2. The molecule has 4 rings (SSSR count). The Labute approximate surface area is 129 Å². The summed E-state index contributed by atoms with van der Waals surface area (Å²) in [7, 11) is -3.70. The molecule has 2 aromatic rings. The van der Waals surface area contributed by atoms with Crippen molar-refractivity contribution in [2.75, 3.05) is 0 Å². The first-order valence-corrected chi connectivity index (χ1v) is 9.07. The molecule has 1 aromatic heterocycles. The van der Waals surface area contributed by atoms with Crippen LogP contribution in [0, 0.1) is 17.2 Å². The molecule has 5 nitrogen and oxygen atoms in total. The molecule has 2 fully saturated rings. The molecule has 22 heavy (non-hydrogen) atoms. The number of halogens is 1. The van der Waals surface area contributed by atoms with Gasteiger partial charge in [0.05, 0.1) is 5.41 Å². The number of sulfonamides is 1. The van der Waals surface area contributed by atoms with Gasteiger partial charge in [0.1, 0.15) is 10.0 Å². The predicted octanol–water partition coefficient (Wildman–Crippen LogP) is 2.18. The van der Waals surface area contributed by atoms with Crippen LogP contribution in [0.3, 0.4) is 0 Å². The van der Waals surface area contributed by atoms with E-state index in [1.807, 2.05) is 0 Å². The van der Waals surface area contributed by atoms with E-state index in [1.165, 1.54) is 18.2 Å². The smallest absolute Gasteiger partial charge is 0.310 e. The minimum absolute atomic E-state index is 0.105. The summed E-state index contributed by atoms with van der Waals surface area (Å²) in [5.74, 6) is -1.36. The maximum atomic E-state index is 13.2. The highest BCUT2D eigenvalue weighted by Crippen LogP contribution is 2.67. The zero-order chi connectivity index (χ0) is 15.7. The highest BCUT2D eigenvalue weighted by Gasteiger charge is 2.72. The molecule has 2 aliphatic carbocycles. The van der Waals surface area contributed by atoms with Crippen molar-refractivity contribution in [1.29, 1.82) is 0 Å². The van der Waals surface area contributed by atoms with Crippen LogP contribution in [0.15, 0.2) is 28.5 Å². The molecule has 0 aliphatic heterocycles. The third-order valence-corrected chi connectivity index (χ3v) is 7.74. The molecule has 3 atom stereocenters. The summed E-state index contributed by atoms with van der Waals surface area (Å²) in [5, 5.41) is 9.62. The number of carbonyl (C=O) groups is 1. The van der Waals surface area contributed by atoms with Gasteiger partial charge in [0.15, 0.2) is 0 Å². The molecular weight excluding hydrogens is 329 g/mol. The van der Waals surface area contributed by atoms with Crippen LogP contribution in [0.25, 0.3) is 10.1 Å². The third kappa shape index (κ3) is 1.90. The molecule has 0 saturated heterocycles. The summed E-state index contributed by atoms with van der Waals surface area (Å²) in [5.41, 5.74) is -0.698. The standard InChI is InChI=1S/C14H12FNO4S2/c15-8-1-2-11-7(3-8)4-12(21-11)22(19,20)16-10-6-14(13(17)18)5-9(10)14/h1-4,9-10,16H,5-6H2,(H,17,18)/t9-,10-,14-/m0/s1. The Kier molecular flexibility index (Phi) is 2.74. The van der Waals surface area contributed by atoms with Gasteiger partial charge in [0, 0.05) is 10.7 Å². The maximum absolute atomic E-state index is 13.2. The fourth-order valence-electron chi connectivity index (χ4n) is 3.31. The topological polar surface area (TPSA) is 83.5 Å². The number of benzene rings is 1. The number of rotatable bonds is 4. The Morgan fingerprint density at radius 3 is 2.77 bits per heavy atom. The second-order valence-electron chi connectivity index (χ2n) is 5.95. The lowest BCUT2D eigenvalue weighted by Gasteiger charge is -2.31. The van der Waals surface area contributed by atoms with Gasteiger partial charge in [-0.3, -0.25) is 4.79 Å². The molecular formula is C14H12FNO4S2. The van der Waals surface area contributed by atoms with Crippen LogP contribution in [0.4, 0.5) is 4.39 Å². The van der Waals surface area contributed by atoms with Gasteiger partial charge in [-0.05, 0) is 48.4 Å². The summed E-state index contributed by atoms with van der Waals surface area (Å²) in [6.07, 6.45) is 0.874. The van der Waals surface area contributed by atoms with Gasteiger partial charge >= 0.3 is 5.97 Å². The van der Waals surface area contributed by atoms with Crippen molar-refractivity contribution in [2.45, 2.75) is 23.1 Å². The van der Waals surface area contributed by atoms with Crippen molar-refractivity contribution in [2.24, 2.45) is 11.3 Å². The van der Waals surface area contributed by atoms with E-state index in [2.05, 4.69) is 4.72 Å². The molecule has 116 valence electrons. The molecule has 0 bridgehead atoms. The quantitative estimate of drug-likeness (QED) is 0.893. The number of nitrogens with one attached hydrogen (secondary N) is 1. The highest BCUT2D eigenvalue weighted by molar-refractivity contribution is 7.91. The first-order chi connectivity index (χ1) is 10.3. The molecule has 8 heteroatoms. The van der Waals surface area contributed by atoms with Crippen LogP contribution in [0.1, 0.15) is 12.8 Å². The Morgan fingerprint density at radius 2 is 2.14 bits per heavy atom. The number of carboxylic acid groups (broad SMARTS) is 1. The lowest BCUT2D eigenvalue weighted by atomic mass is 9.81. The summed E-state index contributed by atoms with van der Waals surface area (Å²) in [6.45, 7) is 0. The van der Waals surface area contributed by atoms with Gasteiger partial charge in [0.25, 0.3) is 0 Å². The SMILES string of the molecule is O=C(O)[C@@]12C[C@H](NS(=O)(=O)c3cc4cc(F)ccc4s3)[C@@H]1C2. The Hall–Kier alpha value is -1.51. The number of carboxylic acids is 1. The van der Waals surface area contributed by atoms with Crippen molar-refractivity contribution < 1.29 is 22.7 Å². The summed E-state index contributed by atoms with van der Waals surface area (Å²) >= 11 is 1.08. The lowest BCUT2D eigenvalue weighted by molar-refractivity contribution is -0.147. The van der Waals surface area contributed by atoms with Crippen molar-refractivity contribution in [1.82, 2.24) is 4.72 Å². The van der Waals surface area contributed by atoms with Gasteiger partial charge in [-0.2, -0.15) is 0 Å². The number of fused-ring (bicyclic) bond motifs is 2. The van der Waals surface area contributed by atoms with E-state index in [4.69, 9.17) is 5.11 Å². The highest BCUT2D eigenvalue weighted by atomic mass is 32.2. The van der Waals surface area contributed by atoms with E-state index in [9.17, 15) is 17.6 Å². The minimum Gasteiger partial charge on any atom is -0.481 e. The van der Waals surface area contributed by atoms with E-state index in [0.717, 1.165) is 11.3 Å². The molecule has 0 unspecified atom stereocenters. The van der Waals surface area contributed by atoms with Gasteiger partial charge in [-0.1, -0.05) is 0 Å². The number of hydrogen-bond acceptors (Lipinski definition) is 4. The van der Waals surface area contributed by atoms with Gasteiger partial charge < -0.3 is 5.11 Å². The molecule has 1 heterocycles. The zero-order valence-corrected chi connectivity index (χ0v) is 12.9. The Bertz CT molecular complexity index is 907. The van der Waals surface area contributed by atoms with Crippen LogP contribution >= 0.6 is 11.3 Å². The summed E-state index contributed by atoms with van der Waals surface area (Å²) in [6, 6.07) is 5.27. The molecule has 1 aromatic carbocycles. The van der Waals surface area contributed by atoms with Gasteiger partial charge in [0.2, 0.25) is 10.0 Å². The molecule has 0 amide bonds. The van der Waals surface area contributed by atoms with Crippen LogP contribution in [-0.4, -0.2) is 25.5 Å². The second-order valence-corrected chi connectivity index (χ2v) is 8.98. The first kappa shape index (κ1) is 14.1. The maximum Gasteiger partial charge on any atom is 0.310 e. The summed E-state index contributed by atoms with van der Waals surface area (Å²) < 4.78 is 41.4.